The summed E-state index contributed by atoms with van der Waals surface area (Å²) in [4.78, 5) is 30.8. The smallest absolute Gasteiger partial charge is 0.325 e. The number of amides is 3. The minimum atomic E-state index is -0.258. The topological polar surface area (TPSA) is 61.4 Å². The predicted molar refractivity (Wildman–Crippen MR) is 165 cm³/mol. The molecule has 0 spiro atoms. The summed E-state index contributed by atoms with van der Waals surface area (Å²) in [5.74, 6) is -0.00783. The monoisotopic (exact) mass is 555 g/mol. The third kappa shape index (κ3) is 5.94. The van der Waals surface area contributed by atoms with E-state index in [4.69, 9.17) is 0 Å². The molecule has 0 saturated carbocycles. The minimum absolute atomic E-state index is 0.00783. The van der Waals surface area contributed by atoms with Crippen molar-refractivity contribution in [1.29, 1.82) is 0 Å². The number of thioether (sulfide) groups is 2. The van der Waals surface area contributed by atoms with E-state index >= 15 is 0 Å². The lowest BCUT2D eigenvalue weighted by Gasteiger charge is -2.40. The molecule has 5 rings (SSSR count). The van der Waals surface area contributed by atoms with Crippen molar-refractivity contribution in [1.82, 2.24) is 0 Å². The molecule has 0 radical (unpaired) electrons. The molecule has 1 aliphatic carbocycles. The molecular formula is C32H33N3O2S2. The molecule has 0 fully saturated rings. The number of carbonyl (C=O) groups excluding carboxylic acids is 2. The quantitative estimate of drug-likeness (QED) is 0.289. The van der Waals surface area contributed by atoms with E-state index in [0.29, 0.717) is 12.1 Å². The molecular weight excluding hydrogens is 523 g/mol. The van der Waals surface area contributed by atoms with Gasteiger partial charge < -0.3 is 10.6 Å². The number of fused-ring (bicyclic) bond motifs is 2. The Balaban J connectivity index is 1.31. The first-order valence-electron chi connectivity index (χ1n) is 13.4. The van der Waals surface area contributed by atoms with Gasteiger partial charge in [0, 0.05) is 21.2 Å². The fraction of sp³-hybridized carbons (Fsp3) is 0.250. The molecule has 2 aliphatic rings. The van der Waals surface area contributed by atoms with Gasteiger partial charge in [-0.05, 0) is 61.2 Å². The summed E-state index contributed by atoms with van der Waals surface area (Å²) >= 11 is 3.30. The zero-order valence-corrected chi connectivity index (χ0v) is 24.0. The zero-order chi connectivity index (χ0) is 27.4. The number of anilines is 3. The van der Waals surface area contributed by atoms with Crippen LogP contribution in [0.1, 0.15) is 31.4 Å². The van der Waals surface area contributed by atoms with Crippen LogP contribution in [0, 0.1) is 6.92 Å². The second-order valence-electron chi connectivity index (χ2n) is 9.61. The second kappa shape index (κ2) is 12.2. The molecule has 2 N–H and O–H groups in total. The van der Waals surface area contributed by atoms with E-state index in [1.165, 1.54) is 11.8 Å². The number of nitrogens with one attached hydrogen (secondary N) is 2. The highest BCUT2D eigenvalue weighted by Gasteiger charge is 2.36. The molecule has 0 saturated heterocycles. The molecule has 0 aromatic heterocycles. The maximum atomic E-state index is 13.7. The van der Waals surface area contributed by atoms with Gasteiger partial charge in [0.15, 0.2) is 0 Å². The molecule has 3 aromatic carbocycles. The third-order valence-corrected chi connectivity index (χ3v) is 9.64. The Kier molecular flexibility index (Phi) is 8.48. The fourth-order valence-corrected chi connectivity index (χ4v) is 7.22. The van der Waals surface area contributed by atoms with Crippen molar-refractivity contribution in [2.24, 2.45) is 0 Å². The lowest BCUT2D eigenvalue weighted by Crippen LogP contribution is -2.49. The van der Waals surface area contributed by atoms with Crippen molar-refractivity contribution >= 4 is 52.5 Å². The van der Waals surface area contributed by atoms with E-state index in [9.17, 15) is 9.59 Å². The molecule has 200 valence electrons. The summed E-state index contributed by atoms with van der Waals surface area (Å²) in [6.07, 6.45) is 9.83. The molecule has 3 unspecified atom stereocenters. The Hall–Kier alpha value is -3.42. The summed E-state index contributed by atoms with van der Waals surface area (Å²) in [7, 11) is 0. The van der Waals surface area contributed by atoms with Crippen LogP contribution in [-0.4, -0.2) is 28.5 Å². The highest BCUT2D eigenvalue weighted by atomic mass is 32.2. The lowest BCUT2D eigenvalue weighted by atomic mass is 10.1. The van der Waals surface area contributed by atoms with Gasteiger partial charge in [0.25, 0.3) is 0 Å². The minimum Gasteiger partial charge on any atom is -0.325 e. The SMILES string of the molecule is CCc1cccc(C)c1NC(=O)C(CC)Sc1cccc(NC(=O)N2c3ccccc3SC3C=CC=CC32)c1. The van der Waals surface area contributed by atoms with Crippen molar-refractivity contribution in [3.8, 4) is 0 Å². The molecule has 5 nitrogen and oxygen atoms in total. The number of hydrogen-bond acceptors (Lipinski definition) is 4. The van der Waals surface area contributed by atoms with Crippen molar-refractivity contribution in [3.05, 3.63) is 102 Å². The van der Waals surface area contributed by atoms with Crippen LogP contribution in [0.3, 0.4) is 0 Å². The van der Waals surface area contributed by atoms with Gasteiger partial charge >= 0.3 is 6.03 Å². The van der Waals surface area contributed by atoms with Crippen LogP contribution in [0.2, 0.25) is 0 Å². The first kappa shape index (κ1) is 27.2. The summed E-state index contributed by atoms with van der Waals surface area (Å²) in [6, 6.07) is 21.7. The normalized spacial score (nSPS) is 18.2. The van der Waals surface area contributed by atoms with Crippen LogP contribution < -0.4 is 15.5 Å². The van der Waals surface area contributed by atoms with Crippen LogP contribution in [0.15, 0.2) is 101 Å². The van der Waals surface area contributed by atoms with Crippen LogP contribution >= 0.6 is 23.5 Å². The fourth-order valence-electron chi connectivity index (χ4n) is 4.95. The maximum absolute atomic E-state index is 13.7. The van der Waals surface area contributed by atoms with E-state index < -0.39 is 0 Å². The molecule has 7 heteroatoms. The van der Waals surface area contributed by atoms with Gasteiger partial charge in [-0.3, -0.25) is 9.69 Å². The average molecular weight is 556 g/mol. The maximum Gasteiger partial charge on any atom is 0.326 e. The van der Waals surface area contributed by atoms with Gasteiger partial charge in [0.2, 0.25) is 5.91 Å². The van der Waals surface area contributed by atoms with Gasteiger partial charge in [-0.15, -0.1) is 23.5 Å². The molecule has 39 heavy (non-hydrogen) atoms. The third-order valence-electron chi connectivity index (χ3n) is 6.98. The van der Waals surface area contributed by atoms with Gasteiger partial charge in [-0.2, -0.15) is 0 Å². The Morgan fingerprint density at radius 1 is 0.974 bits per heavy atom. The van der Waals surface area contributed by atoms with E-state index in [1.807, 2.05) is 85.5 Å². The number of urea groups is 1. The number of rotatable bonds is 7. The largest absolute Gasteiger partial charge is 0.326 e. The average Bonchev–Trinajstić information content (AvgIpc) is 2.95. The van der Waals surface area contributed by atoms with Gasteiger partial charge in [0.05, 0.1) is 22.2 Å². The zero-order valence-electron chi connectivity index (χ0n) is 22.4. The summed E-state index contributed by atoms with van der Waals surface area (Å²) in [5.41, 5.74) is 4.73. The van der Waals surface area contributed by atoms with Crippen LogP contribution in [0.5, 0.6) is 0 Å². The van der Waals surface area contributed by atoms with E-state index in [0.717, 1.165) is 38.7 Å². The Labute approximate surface area is 239 Å². The number of para-hydroxylation sites is 2. The van der Waals surface area contributed by atoms with E-state index in [-0.39, 0.29) is 28.5 Å². The van der Waals surface area contributed by atoms with Crippen molar-refractivity contribution in [2.75, 3.05) is 15.5 Å². The molecule has 0 bridgehead atoms. The van der Waals surface area contributed by atoms with Crippen molar-refractivity contribution in [2.45, 2.75) is 59.9 Å². The van der Waals surface area contributed by atoms with E-state index in [1.54, 1.807) is 11.8 Å². The number of allylic oxidation sites excluding steroid dienone is 2. The highest BCUT2D eigenvalue weighted by Crippen LogP contribution is 2.43. The Bertz CT molecular complexity index is 1430. The lowest BCUT2D eigenvalue weighted by molar-refractivity contribution is -0.115. The van der Waals surface area contributed by atoms with Crippen molar-refractivity contribution < 1.29 is 9.59 Å². The molecule has 1 aliphatic heterocycles. The first-order chi connectivity index (χ1) is 19.0. The molecule has 3 aromatic rings. The number of carbonyl (C=O) groups is 2. The summed E-state index contributed by atoms with van der Waals surface area (Å²) in [5, 5.41) is 6.20. The molecule has 3 amide bonds. The Morgan fingerprint density at radius 3 is 2.59 bits per heavy atom. The first-order valence-corrected chi connectivity index (χ1v) is 15.1. The summed E-state index contributed by atoms with van der Waals surface area (Å²) < 4.78 is 0. The highest BCUT2D eigenvalue weighted by molar-refractivity contribution is 8.00. The van der Waals surface area contributed by atoms with Gasteiger partial charge in [0.1, 0.15) is 0 Å². The number of aryl methyl sites for hydroxylation is 2. The van der Waals surface area contributed by atoms with Gasteiger partial charge in [-0.1, -0.05) is 74.5 Å². The summed E-state index contributed by atoms with van der Waals surface area (Å²) in [6.45, 7) is 6.14. The van der Waals surface area contributed by atoms with Crippen LogP contribution in [-0.2, 0) is 11.2 Å². The molecule has 1 heterocycles. The Morgan fingerprint density at radius 2 is 1.77 bits per heavy atom. The van der Waals surface area contributed by atoms with Crippen LogP contribution in [0.25, 0.3) is 0 Å². The number of hydrogen-bond donors (Lipinski definition) is 2. The standard InChI is InChI=1S/C32H33N3O2S2/c1-4-22-13-10-12-21(3)30(22)34-31(36)27(5-2)38-24-15-11-14-23(20-24)33-32(37)35-25-16-6-8-18-28(25)39-29-19-9-7-17-26(29)35/h6-20,25,27-28H,4-5H2,1-3H3,(H,33,37)(H,34,36). The number of nitrogens with zero attached hydrogens (tertiary/aromatic N) is 1. The van der Waals surface area contributed by atoms with Crippen LogP contribution in [0.4, 0.5) is 21.9 Å². The predicted octanol–water partition coefficient (Wildman–Crippen LogP) is 8.07. The van der Waals surface area contributed by atoms with Crippen molar-refractivity contribution in [3.63, 3.8) is 0 Å². The number of benzene rings is 3. The second-order valence-corrected chi connectivity index (χ2v) is 12.1. The van der Waals surface area contributed by atoms with Gasteiger partial charge in [-0.25, -0.2) is 4.79 Å². The van der Waals surface area contributed by atoms with E-state index in [2.05, 4.69) is 41.8 Å². The molecule has 3 atom stereocenters.